The minimum absolute atomic E-state index is 0.103. The molecule has 1 aliphatic heterocycles. The van der Waals surface area contributed by atoms with Crippen molar-refractivity contribution in [1.29, 1.82) is 0 Å². The van der Waals surface area contributed by atoms with Crippen LogP contribution >= 0.6 is 27.7 Å². The van der Waals surface area contributed by atoms with Gasteiger partial charge in [-0.15, -0.1) is 0 Å². The molecule has 1 fully saturated rings. The van der Waals surface area contributed by atoms with Crippen molar-refractivity contribution in [2.75, 3.05) is 6.54 Å². The molecule has 4 nitrogen and oxygen atoms in total. The number of carbonyl (C=O) groups excluding carboxylic acids is 1. The Morgan fingerprint density at radius 1 is 1.04 bits per heavy atom. The maximum atomic E-state index is 12.4. The maximum absolute atomic E-state index is 12.4. The number of para-hydroxylation sites is 1. The second-order valence-electron chi connectivity index (χ2n) is 6.27. The van der Waals surface area contributed by atoms with Crippen LogP contribution in [0.15, 0.2) is 58.0 Å². The predicted octanol–water partition coefficient (Wildman–Crippen LogP) is 4.82. The first-order valence-corrected chi connectivity index (χ1v) is 10.3. The molecule has 1 amide bonds. The molecule has 26 heavy (non-hydrogen) atoms. The molecule has 0 spiro atoms. The van der Waals surface area contributed by atoms with Crippen molar-refractivity contribution in [3.8, 4) is 11.4 Å². The van der Waals surface area contributed by atoms with E-state index in [1.165, 1.54) is 0 Å². The Balaban J connectivity index is 1.76. The minimum Gasteiger partial charge on any atom is -0.355 e. The fourth-order valence-electron chi connectivity index (χ4n) is 3.02. The molecule has 1 saturated heterocycles. The Morgan fingerprint density at radius 3 is 2.69 bits per heavy atom. The van der Waals surface area contributed by atoms with Crippen LogP contribution < -0.4 is 5.32 Å². The second-order valence-corrected chi connectivity index (χ2v) is 8.38. The predicted molar refractivity (Wildman–Crippen MR) is 109 cm³/mol. The fourth-order valence-corrected chi connectivity index (χ4v) is 4.47. The highest BCUT2D eigenvalue weighted by Gasteiger charge is 2.23. The number of carbonyl (C=O) groups is 1. The number of amides is 1. The molecule has 2 aromatic carbocycles. The highest BCUT2D eigenvalue weighted by molar-refractivity contribution is 9.10. The van der Waals surface area contributed by atoms with E-state index in [0.29, 0.717) is 5.82 Å². The van der Waals surface area contributed by atoms with Crippen LogP contribution in [0.3, 0.4) is 0 Å². The van der Waals surface area contributed by atoms with E-state index in [4.69, 9.17) is 9.97 Å². The summed E-state index contributed by atoms with van der Waals surface area (Å²) in [5.74, 6) is 0.799. The molecule has 1 atom stereocenters. The van der Waals surface area contributed by atoms with Gasteiger partial charge < -0.3 is 5.32 Å². The summed E-state index contributed by atoms with van der Waals surface area (Å²) in [5.41, 5.74) is 1.86. The van der Waals surface area contributed by atoms with E-state index < -0.39 is 0 Å². The first kappa shape index (κ1) is 17.5. The summed E-state index contributed by atoms with van der Waals surface area (Å²) in [7, 11) is 0. The third kappa shape index (κ3) is 3.76. The molecule has 0 radical (unpaired) electrons. The minimum atomic E-state index is -0.103. The van der Waals surface area contributed by atoms with Gasteiger partial charge in [-0.05, 0) is 31.0 Å². The molecular weight excluding hydrogens is 410 g/mol. The van der Waals surface area contributed by atoms with Crippen LogP contribution in [0.2, 0.25) is 0 Å². The zero-order chi connectivity index (χ0) is 17.9. The molecule has 6 heteroatoms. The standard InChI is InChI=1S/C20H18BrN3OS/c21-14-10-8-13(9-11-14)18-23-16-6-2-1-5-15(16)20(24-18)26-17-7-3-4-12-22-19(17)25/h1-2,5-6,8-11,17H,3-4,7,12H2,(H,22,25). The normalized spacial score (nSPS) is 17.7. The molecule has 1 unspecified atom stereocenters. The van der Waals surface area contributed by atoms with Crippen molar-refractivity contribution in [1.82, 2.24) is 15.3 Å². The SMILES string of the molecule is O=C1NCCCCC1Sc1nc(-c2ccc(Br)cc2)nc2ccccc12. The van der Waals surface area contributed by atoms with Crippen molar-refractivity contribution in [3.63, 3.8) is 0 Å². The number of hydrogen-bond acceptors (Lipinski definition) is 4. The molecular formula is C20H18BrN3OS. The van der Waals surface area contributed by atoms with Gasteiger partial charge in [-0.2, -0.15) is 0 Å². The molecule has 0 bridgehead atoms. The average Bonchev–Trinajstić information content (AvgIpc) is 2.87. The number of aromatic nitrogens is 2. The summed E-state index contributed by atoms with van der Waals surface area (Å²) in [6, 6.07) is 16.0. The van der Waals surface area contributed by atoms with Crippen LogP contribution in [-0.4, -0.2) is 27.7 Å². The van der Waals surface area contributed by atoms with E-state index in [2.05, 4.69) is 21.2 Å². The van der Waals surface area contributed by atoms with E-state index in [-0.39, 0.29) is 11.2 Å². The van der Waals surface area contributed by atoms with Gasteiger partial charge in [0.05, 0.1) is 10.8 Å². The Morgan fingerprint density at radius 2 is 1.85 bits per heavy atom. The van der Waals surface area contributed by atoms with Crippen LogP contribution in [0, 0.1) is 0 Å². The van der Waals surface area contributed by atoms with E-state index in [1.807, 2.05) is 48.5 Å². The first-order valence-electron chi connectivity index (χ1n) is 8.68. The van der Waals surface area contributed by atoms with Gasteiger partial charge in [0, 0.05) is 22.0 Å². The second kappa shape index (κ2) is 7.76. The van der Waals surface area contributed by atoms with Gasteiger partial charge >= 0.3 is 0 Å². The summed E-state index contributed by atoms with van der Waals surface area (Å²) < 4.78 is 1.02. The van der Waals surface area contributed by atoms with Gasteiger partial charge in [-0.3, -0.25) is 4.79 Å². The highest BCUT2D eigenvalue weighted by Crippen LogP contribution is 2.33. The summed E-state index contributed by atoms with van der Waals surface area (Å²) in [6.07, 6.45) is 2.97. The van der Waals surface area contributed by atoms with Crippen molar-refractivity contribution < 1.29 is 4.79 Å². The molecule has 3 aromatic rings. The van der Waals surface area contributed by atoms with E-state index >= 15 is 0 Å². The molecule has 4 rings (SSSR count). The van der Waals surface area contributed by atoms with Crippen LogP contribution in [0.5, 0.6) is 0 Å². The summed E-state index contributed by atoms with van der Waals surface area (Å²) in [4.78, 5) is 21.9. The number of fused-ring (bicyclic) bond motifs is 1. The number of halogens is 1. The monoisotopic (exact) mass is 427 g/mol. The van der Waals surface area contributed by atoms with Crippen LogP contribution in [0.4, 0.5) is 0 Å². The third-order valence-electron chi connectivity index (χ3n) is 4.41. The lowest BCUT2D eigenvalue weighted by atomic mass is 10.2. The molecule has 132 valence electrons. The molecule has 1 aliphatic rings. The van der Waals surface area contributed by atoms with E-state index in [0.717, 1.165) is 51.8 Å². The Labute approximate surface area is 164 Å². The van der Waals surface area contributed by atoms with Gasteiger partial charge in [0.15, 0.2) is 5.82 Å². The van der Waals surface area contributed by atoms with Crippen molar-refractivity contribution in [3.05, 3.63) is 53.0 Å². The molecule has 1 aromatic heterocycles. The number of rotatable bonds is 3. The van der Waals surface area contributed by atoms with Gasteiger partial charge in [0.1, 0.15) is 5.03 Å². The zero-order valence-electron chi connectivity index (χ0n) is 14.1. The molecule has 0 saturated carbocycles. The highest BCUT2D eigenvalue weighted by atomic mass is 79.9. The first-order chi connectivity index (χ1) is 12.7. The lowest BCUT2D eigenvalue weighted by Crippen LogP contribution is -2.30. The Hall–Kier alpha value is -1.92. The lowest BCUT2D eigenvalue weighted by Gasteiger charge is -2.14. The lowest BCUT2D eigenvalue weighted by molar-refractivity contribution is -0.120. The summed E-state index contributed by atoms with van der Waals surface area (Å²) in [6.45, 7) is 0.768. The zero-order valence-corrected chi connectivity index (χ0v) is 16.5. The van der Waals surface area contributed by atoms with Gasteiger partial charge in [0.2, 0.25) is 5.91 Å². The maximum Gasteiger partial charge on any atom is 0.233 e. The fraction of sp³-hybridized carbons (Fsp3) is 0.250. The van der Waals surface area contributed by atoms with E-state index in [9.17, 15) is 4.79 Å². The topological polar surface area (TPSA) is 54.9 Å². The largest absolute Gasteiger partial charge is 0.355 e. The quantitative estimate of drug-likeness (QED) is 0.608. The average molecular weight is 428 g/mol. The Bertz CT molecular complexity index is 945. The Kier molecular flexibility index (Phi) is 5.22. The third-order valence-corrected chi connectivity index (χ3v) is 6.21. The van der Waals surface area contributed by atoms with Crippen molar-refractivity contribution in [2.24, 2.45) is 0 Å². The number of nitrogens with zero attached hydrogens (tertiary/aromatic N) is 2. The number of thioether (sulfide) groups is 1. The number of nitrogens with one attached hydrogen (secondary N) is 1. The van der Waals surface area contributed by atoms with Gasteiger partial charge in [-0.1, -0.05) is 64.4 Å². The molecule has 1 N–H and O–H groups in total. The molecule has 0 aliphatic carbocycles. The number of benzene rings is 2. The number of hydrogen-bond donors (Lipinski definition) is 1. The van der Waals surface area contributed by atoms with Gasteiger partial charge in [0.25, 0.3) is 0 Å². The van der Waals surface area contributed by atoms with E-state index in [1.54, 1.807) is 11.8 Å². The van der Waals surface area contributed by atoms with Crippen LogP contribution in [0.25, 0.3) is 22.3 Å². The summed E-state index contributed by atoms with van der Waals surface area (Å²) >= 11 is 5.02. The van der Waals surface area contributed by atoms with Crippen LogP contribution in [0.1, 0.15) is 19.3 Å². The smallest absolute Gasteiger partial charge is 0.233 e. The molecule has 2 heterocycles. The van der Waals surface area contributed by atoms with Crippen molar-refractivity contribution >= 4 is 44.5 Å². The summed E-state index contributed by atoms with van der Waals surface area (Å²) in [5, 5.41) is 4.77. The van der Waals surface area contributed by atoms with Crippen molar-refractivity contribution in [2.45, 2.75) is 29.5 Å². The van der Waals surface area contributed by atoms with Gasteiger partial charge in [-0.25, -0.2) is 9.97 Å². The van der Waals surface area contributed by atoms with Crippen LogP contribution in [-0.2, 0) is 4.79 Å².